The second-order valence-electron chi connectivity index (χ2n) is 4.01. The molecule has 0 aliphatic rings. The van der Waals surface area contributed by atoms with Gasteiger partial charge in [-0.1, -0.05) is 11.8 Å². The molecule has 2 N–H and O–H groups in total. The van der Waals surface area contributed by atoms with E-state index in [1.165, 1.54) is 24.0 Å². The molecular weight excluding hydrogens is 265 g/mol. The first-order chi connectivity index (χ1) is 9.20. The van der Waals surface area contributed by atoms with Crippen molar-refractivity contribution in [3.63, 3.8) is 0 Å². The average molecular weight is 275 g/mol. The van der Waals surface area contributed by atoms with E-state index in [0.717, 1.165) is 11.1 Å². The van der Waals surface area contributed by atoms with Crippen LogP contribution in [0.3, 0.4) is 0 Å². The number of fused-ring (bicyclic) bond motifs is 1. The first kappa shape index (κ1) is 12.0. The highest BCUT2D eigenvalue weighted by Gasteiger charge is 2.07. The summed E-state index contributed by atoms with van der Waals surface area (Å²) in [6.07, 6.45) is 2.80. The smallest absolute Gasteiger partial charge is 0.257 e. The van der Waals surface area contributed by atoms with Gasteiger partial charge in [0.2, 0.25) is 0 Å². The fourth-order valence-electron chi connectivity index (χ4n) is 1.66. The Balaban J connectivity index is 1.78. The fraction of sp³-hybridized carbons (Fsp3) is 0.0769. The number of benzene rings is 1. The molecule has 2 aromatic heterocycles. The third-order valence-electron chi connectivity index (χ3n) is 2.52. The van der Waals surface area contributed by atoms with Crippen molar-refractivity contribution in [1.29, 1.82) is 0 Å². The molecule has 0 amide bonds. The van der Waals surface area contributed by atoms with Crippen molar-refractivity contribution in [3.05, 3.63) is 48.0 Å². The van der Waals surface area contributed by atoms with Crippen molar-refractivity contribution in [2.24, 2.45) is 0 Å². The highest BCUT2D eigenvalue weighted by Crippen LogP contribution is 2.27. The minimum absolute atomic E-state index is 0.344. The van der Waals surface area contributed by atoms with Crippen LogP contribution in [0.4, 0.5) is 10.1 Å². The Morgan fingerprint density at radius 1 is 1.26 bits per heavy atom. The number of nitrogen functional groups attached to an aromatic ring is 1. The fourth-order valence-corrected chi connectivity index (χ4v) is 2.42. The Morgan fingerprint density at radius 2 is 2.16 bits per heavy atom. The number of thioether (sulfide) groups is 1. The molecule has 0 bridgehead atoms. The Hall–Kier alpha value is -2.08. The number of oxazole rings is 1. The molecule has 4 nitrogen and oxygen atoms in total. The van der Waals surface area contributed by atoms with E-state index in [0.29, 0.717) is 22.2 Å². The van der Waals surface area contributed by atoms with E-state index in [1.54, 1.807) is 24.4 Å². The van der Waals surface area contributed by atoms with Gasteiger partial charge in [0.15, 0.2) is 5.58 Å². The van der Waals surface area contributed by atoms with Crippen LogP contribution in [-0.2, 0) is 5.75 Å². The SMILES string of the molecule is Nc1ccc2oc(SCc3cncc(F)c3)nc2c1. The summed E-state index contributed by atoms with van der Waals surface area (Å²) >= 11 is 1.39. The second-order valence-corrected chi connectivity index (χ2v) is 4.93. The van der Waals surface area contributed by atoms with Crippen LogP contribution in [0.5, 0.6) is 0 Å². The monoisotopic (exact) mass is 275 g/mol. The van der Waals surface area contributed by atoms with Gasteiger partial charge in [-0.15, -0.1) is 0 Å². The van der Waals surface area contributed by atoms with E-state index in [1.807, 2.05) is 0 Å². The Bertz CT molecular complexity index is 729. The number of hydrogen-bond donors (Lipinski definition) is 1. The zero-order chi connectivity index (χ0) is 13.2. The van der Waals surface area contributed by atoms with Crippen molar-refractivity contribution in [2.45, 2.75) is 11.0 Å². The quantitative estimate of drug-likeness (QED) is 0.587. The number of halogens is 1. The molecule has 2 heterocycles. The molecule has 0 saturated heterocycles. The molecule has 0 radical (unpaired) electrons. The van der Waals surface area contributed by atoms with Crippen LogP contribution in [0.2, 0.25) is 0 Å². The summed E-state index contributed by atoms with van der Waals surface area (Å²) < 4.78 is 18.5. The predicted octanol–water partition coefficient (Wildman–Crippen LogP) is 3.24. The van der Waals surface area contributed by atoms with Crippen molar-refractivity contribution < 1.29 is 8.81 Å². The van der Waals surface area contributed by atoms with Gasteiger partial charge < -0.3 is 10.2 Å². The lowest BCUT2D eigenvalue weighted by Crippen LogP contribution is -1.85. The van der Waals surface area contributed by atoms with Gasteiger partial charge in [-0.2, -0.15) is 0 Å². The Kier molecular flexibility index (Phi) is 3.08. The van der Waals surface area contributed by atoms with Crippen molar-refractivity contribution in [1.82, 2.24) is 9.97 Å². The van der Waals surface area contributed by atoms with Gasteiger partial charge >= 0.3 is 0 Å². The lowest BCUT2D eigenvalue weighted by Gasteiger charge is -1.97. The summed E-state index contributed by atoms with van der Waals surface area (Å²) in [5.74, 6) is 0.205. The van der Waals surface area contributed by atoms with Crippen molar-refractivity contribution in [3.8, 4) is 0 Å². The van der Waals surface area contributed by atoms with Crippen molar-refractivity contribution >= 4 is 28.5 Å². The number of nitrogens with two attached hydrogens (primary N) is 1. The van der Waals surface area contributed by atoms with Crippen LogP contribution < -0.4 is 5.73 Å². The van der Waals surface area contributed by atoms with Crippen LogP contribution in [0, 0.1) is 5.82 Å². The van der Waals surface area contributed by atoms with Crippen LogP contribution in [0.1, 0.15) is 5.56 Å². The molecule has 3 rings (SSSR count). The maximum Gasteiger partial charge on any atom is 0.257 e. The van der Waals surface area contributed by atoms with Gasteiger partial charge in [-0.05, 0) is 29.8 Å². The maximum absolute atomic E-state index is 13.0. The molecule has 0 fully saturated rings. The third-order valence-corrected chi connectivity index (χ3v) is 3.42. The van der Waals surface area contributed by atoms with Gasteiger partial charge in [0.25, 0.3) is 5.22 Å². The molecule has 0 aliphatic carbocycles. The summed E-state index contributed by atoms with van der Waals surface area (Å²) in [5, 5.41) is 0.532. The molecule has 19 heavy (non-hydrogen) atoms. The molecule has 6 heteroatoms. The highest BCUT2D eigenvalue weighted by atomic mass is 32.2. The normalized spacial score (nSPS) is 11.0. The van der Waals surface area contributed by atoms with E-state index < -0.39 is 0 Å². The van der Waals surface area contributed by atoms with E-state index in [-0.39, 0.29) is 5.82 Å². The number of anilines is 1. The summed E-state index contributed by atoms with van der Waals surface area (Å²) in [7, 11) is 0. The molecule has 1 aromatic carbocycles. The molecule has 3 aromatic rings. The zero-order valence-electron chi connectivity index (χ0n) is 9.84. The van der Waals surface area contributed by atoms with Crippen LogP contribution in [0.25, 0.3) is 11.1 Å². The number of hydrogen-bond acceptors (Lipinski definition) is 5. The maximum atomic E-state index is 13.0. The zero-order valence-corrected chi connectivity index (χ0v) is 10.7. The Labute approximate surface area is 112 Å². The standard InChI is InChI=1S/C13H10FN3OS/c14-9-3-8(5-16-6-9)7-19-13-17-11-4-10(15)1-2-12(11)18-13/h1-6H,7,15H2. The Morgan fingerprint density at radius 3 is 3.00 bits per heavy atom. The molecular formula is C13H10FN3OS. The van der Waals surface area contributed by atoms with Gasteiger partial charge in [-0.25, -0.2) is 9.37 Å². The number of aromatic nitrogens is 2. The average Bonchev–Trinajstić information content (AvgIpc) is 2.78. The lowest BCUT2D eigenvalue weighted by atomic mass is 10.3. The van der Waals surface area contributed by atoms with E-state index >= 15 is 0 Å². The van der Waals surface area contributed by atoms with Gasteiger partial charge in [0.1, 0.15) is 11.3 Å². The molecule has 0 spiro atoms. The minimum atomic E-state index is -0.344. The molecule has 96 valence electrons. The van der Waals surface area contributed by atoms with E-state index in [2.05, 4.69) is 9.97 Å². The van der Waals surface area contributed by atoms with Crippen LogP contribution in [0.15, 0.2) is 46.3 Å². The highest BCUT2D eigenvalue weighted by molar-refractivity contribution is 7.98. The molecule has 0 unspecified atom stereocenters. The lowest BCUT2D eigenvalue weighted by molar-refractivity contribution is 0.489. The number of rotatable bonds is 3. The van der Waals surface area contributed by atoms with Gasteiger partial charge in [0.05, 0.1) is 6.20 Å². The molecule has 0 aliphatic heterocycles. The third kappa shape index (κ3) is 2.68. The van der Waals surface area contributed by atoms with Crippen LogP contribution in [-0.4, -0.2) is 9.97 Å². The van der Waals surface area contributed by atoms with Crippen LogP contribution >= 0.6 is 11.8 Å². The predicted molar refractivity (Wildman–Crippen MR) is 72.2 cm³/mol. The molecule has 0 atom stereocenters. The number of nitrogens with zero attached hydrogens (tertiary/aromatic N) is 2. The first-order valence-electron chi connectivity index (χ1n) is 5.59. The summed E-state index contributed by atoms with van der Waals surface area (Å²) in [4.78, 5) is 8.11. The first-order valence-corrected chi connectivity index (χ1v) is 6.57. The molecule has 0 saturated carbocycles. The summed E-state index contributed by atoms with van der Waals surface area (Å²) in [6.45, 7) is 0. The second kappa shape index (κ2) is 4.89. The van der Waals surface area contributed by atoms with Gasteiger partial charge in [0, 0.05) is 17.6 Å². The van der Waals surface area contributed by atoms with Gasteiger partial charge in [-0.3, -0.25) is 4.98 Å². The van der Waals surface area contributed by atoms with Crippen molar-refractivity contribution in [2.75, 3.05) is 5.73 Å². The minimum Gasteiger partial charge on any atom is -0.431 e. The van der Waals surface area contributed by atoms with E-state index in [9.17, 15) is 4.39 Å². The topological polar surface area (TPSA) is 64.9 Å². The van der Waals surface area contributed by atoms with E-state index in [4.69, 9.17) is 10.2 Å². The largest absolute Gasteiger partial charge is 0.431 e. The summed E-state index contributed by atoms with van der Waals surface area (Å²) in [5.41, 5.74) is 8.52. The summed E-state index contributed by atoms with van der Waals surface area (Å²) in [6, 6.07) is 6.75. The number of pyridine rings is 1.